The van der Waals surface area contributed by atoms with Crippen LogP contribution in [0, 0.1) is 0 Å². The molecular weight excluding hydrogens is 362 g/mol. The van der Waals surface area contributed by atoms with E-state index >= 15 is 0 Å². The van der Waals surface area contributed by atoms with Crippen molar-refractivity contribution in [1.82, 2.24) is 4.98 Å². The smallest absolute Gasteiger partial charge is 0.341 e. The number of halogens is 1. The Kier molecular flexibility index (Phi) is 4.43. The number of aliphatic carboxylic acids is 1. The van der Waals surface area contributed by atoms with Gasteiger partial charge in [-0.25, -0.2) is 9.78 Å². The first kappa shape index (κ1) is 15.3. The predicted octanol–water partition coefficient (Wildman–Crippen LogP) is 4.23. The van der Waals surface area contributed by atoms with Crippen molar-refractivity contribution in [2.24, 2.45) is 0 Å². The summed E-state index contributed by atoms with van der Waals surface area (Å²) in [5.41, 5.74) is 2.22. The average molecular weight is 374 g/mol. The number of carboxylic acids is 1. The molecule has 0 saturated carbocycles. The summed E-state index contributed by atoms with van der Waals surface area (Å²) in [5, 5.41) is 8.77. The number of oxazole rings is 1. The second-order valence-electron chi connectivity index (χ2n) is 4.73. The van der Waals surface area contributed by atoms with Gasteiger partial charge in [-0.3, -0.25) is 0 Å². The van der Waals surface area contributed by atoms with Crippen LogP contribution in [0.3, 0.4) is 0 Å². The summed E-state index contributed by atoms with van der Waals surface area (Å²) in [7, 11) is 0. The molecule has 0 radical (unpaired) electrons. The van der Waals surface area contributed by atoms with Gasteiger partial charge in [0, 0.05) is 10.0 Å². The van der Waals surface area contributed by atoms with Crippen molar-refractivity contribution in [2.45, 2.75) is 0 Å². The van der Waals surface area contributed by atoms with Crippen molar-refractivity contribution in [3.05, 3.63) is 59.3 Å². The highest BCUT2D eigenvalue weighted by molar-refractivity contribution is 9.10. The Balaban J connectivity index is 1.96. The molecule has 0 saturated heterocycles. The number of carboxylic acid groups (broad SMARTS) is 1. The van der Waals surface area contributed by atoms with E-state index in [1.54, 1.807) is 24.5 Å². The summed E-state index contributed by atoms with van der Waals surface area (Å²) in [6, 6.07) is 14.9. The molecule has 0 aliphatic carbocycles. The van der Waals surface area contributed by atoms with Crippen LogP contribution in [0.15, 0.2) is 63.7 Å². The van der Waals surface area contributed by atoms with Crippen molar-refractivity contribution in [1.29, 1.82) is 0 Å². The van der Waals surface area contributed by atoms with Crippen molar-refractivity contribution >= 4 is 21.9 Å². The lowest BCUT2D eigenvalue weighted by Gasteiger charge is -2.07. The van der Waals surface area contributed by atoms with Gasteiger partial charge < -0.3 is 14.3 Å². The average Bonchev–Trinajstić information content (AvgIpc) is 3.04. The SMILES string of the molecule is O=C(O)COc1ccc(Br)cc1-c1nc(-c2ccccc2)co1. The second kappa shape index (κ2) is 6.66. The standard InChI is InChI=1S/C17H12BrNO4/c18-12-6-7-15(22-10-16(20)21)13(8-12)17-19-14(9-23-17)11-4-2-1-3-5-11/h1-9H,10H2,(H,20,21). The molecule has 0 aliphatic heterocycles. The van der Waals surface area contributed by atoms with Crippen molar-refractivity contribution in [2.75, 3.05) is 6.61 Å². The predicted molar refractivity (Wildman–Crippen MR) is 88.2 cm³/mol. The first-order valence-electron chi connectivity index (χ1n) is 6.79. The van der Waals surface area contributed by atoms with Gasteiger partial charge in [0.05, 0.1) is 5.56 Å². The molecule has 0 spiro atoms. The van der Waals surface area contributed by atoms with E-state index in [0.717, 1.165) is 10.0 Å². The summed E-state index contributed by atoms with van der Waals surface area (Å²) in [6.45, 7) is -0.430. The quantitative estimate of drug-likeness (QED) is 0.724. The minimum atomic E-state index is -1.05. The molecule has 116 valence electrons. The van der Waals surface area contributed by atoms with Gasteiger partial charge >= 0.3 is 5.97 Å². The summed E-state index contributed by atoms with van der Waals surface area (Å²) >= 11 is 3.38. The van der Waals surface area contributed by atoms with E-state index in [2.05, 4.69) is 20.9 Å². The summed E-state index contributed by atoms with van der Waals surface area (Å²) in [4.78, 5) is 15.2. The maximum Gasteiger partial charge on any atom is 0.341 e. The van der Waals surface area contributed by atoms with E-state index in [1.807, 2.05) is 30.3 Å². The fourth-order valence-electron chi connectivity index (χ4n) is 2.07. The molecule has 0 bridgehead atoms. The zero-order valence-corrected chi connectivity index (χ0v) is 13.5. The third kappa shape index (κ3) is 3.60. The maximum absolute atomic E-state index is 10.7. The van der Waals surface area contributed by atoms with Crippen LogP contribution in [-0.2, 0) is 4.79 Å². The first-order chi connectivity index (χ1) is 11.1. The Morgan fingerprint density at radius 1 is 1.22 bits per heavy atom. The molecule has 23 heavy (non-hydrogen) atoms. The van der Waals surface area contributed by atoms with Crippen LogP contribution in [0.1, 0.15) is 0 Å². The molecule has 0 fully saturated rings. The van der Waals surface area contributed by atoms with Gasteiger partial charge in [0.1, 0.15) is 17.7 Å². The van der Waals surface area contributed by atoms with Gasteiger partial charge in [-0.2, -0.15) is 0 Å². The molecule has 1 aromatic heterocycles. The fourth-order valence-corrected chi connectivity index (χ4v) is 2.43. The Bertz CT molecular complexity index is 830. The number of hydrogen-bond acceptors (Lipinski definition) is 4. The number of carbonyl (C=O) groups is 1. The first-order valence-corrected chi connectivity index (χ1v) is 7.58. The van der Waals surface area contributed by atoms with Crippen LogP contribution in [-0.4, -0.2) is 22.7 Å². The molecule has 6 heteroatoms. The lowest BCUT2D eigenvalue weighted by atomic mass is 10.2. The number of nitrogens with zero attached hydrogens (tertiary/aromatic N) is 1. The number of rotatable bonds is 5. The molecule has 1 heterocycles. The zero-order valence-electron chi connectivity index (χ0n) is 11.9. The third-order valence-electron chi connectivity index (χ3n) is 3.10. The minimum absolute atomic E-state index is 0.366. The number of ether oxygens (including phenoxy) is 1. The Morgan fingerprint density at radius 2 is 2.00 bits per heavy atom. The van der Waals surface area contributed by atoms with Crippen LogP contribution in [0.25, 0.3) is 22.7 Å². The largest absolute Gasteiger partial charge is 0.481 e. The molecule has 1 N–H and O–H groups in total. The van der Waals surface area contributed by atoms with Crippen molar-refractivity contribution < 1.29 is 19.1 Å². The van der Waals surface area contributed by atoms with Gasteiger partial charge in [0.2, 0.25) is 5.89 Å². The Labute approximate surface area is 140 Å². The van der Waals surface area contributed by atoms with Gasteiger partial charge in [0.25, 0.3) is 0 Å². The van der Waals surface area contributed by atoms with Crippen LogP contribution >= 0.6 is 15.9 Å². The summed E-state index contributed by atoms with van der Waals surface area (Å²) < 4.78 is 11.7. The normalized spacial score (nSPS) is 10.5. The van der Waals surface area contributed by atoms with Crippen LogP contribution in [0.4, 0.5) is 0 Å². The number of hydrogen-bond donors (Lipinski definition) is 1. The highest BCUT2D eigenvalue weighted by atomic mass is 79.9. The van der Waals surface area contributed by atoms with E-state index < -0.39 is 12.6 Å². The van der Waals surface area contributed by atoms with E-state index in [0.29, 0.717) is 22.9 Å². The molecule has 3 rings (SSSR count). The van der Waals surface area contributed by atoms with E-state index in [1.165, 1.54) is 0 Å². The third-order valence-corrected chi connectivity index (χ3v) is 3.59. The van der Waals surface area contributed by atoms with Gasteiger partial charge in [0.15, 0.2) is 6.61 Å². The van der Waals surface area contributed by atoms with Gasteiger partial charge in [-0.15, -0.1) is 0 Å². The molecule has 5 nitrogen and oxygen atoms in total. The fraction of sp³-hybridized carbons (Fsp3) is 0.0588. The Hall–Kier alpha value is -2.60. The zero-order chi connectivity index (χ0) is 16.2. The molecular formula is C17H12BrNO4. The van der Waals surface area contributed by atoms with Crippen molar-refractivity contribution in [3.8, 4) is 28.5 Å². The topological polar surface area (TPSA) is 72.6 Å². The Morgan fingerprint density at radius 3 is 2.74 bits per heavy atom. The molecule has 0 atom stereocenters. The van der Waals surface area contributed by atoms with E-state index in [-0.39, 0.29) is 0 Å². The monoisotopic (exact) mass is 373 g/mol. The van der Waals surface area contributed by atoms with Gasteiger partial charge in [-0.1, -0.05) is 46.3 Å². The summed E-state index contributed by atoms with van der Waals surface area (Å²) in [5.74, 6) is -0.279. The number of benzene rings is 2. The molecule has 2 aromatic carbocycles. The van der Waals surface area contributed by atoms with Gasteiger partial charge in [-0.05, 0) is 18.2 Å². The van der Waals surface area contributed by atoms with E-state index in [4.69, 9.17) is 14.3 Å². The lowest BCUT2D eigenvalue weighted by Crippen LogP contribution is -2.10. The highest BCUT2D eigenvalue weighted by Crippen LogP contribution is 2.33. The maximum atomic E-state index is 10.7. The van der Waals surface area contributed by atoms with Crippen molar-refractivity contribution in [3.63, 3.8) is 0 Å². The molecule has 3 aromatic rings. The molecule has 0 aliphatic rings. The second-order valence-corrected chi connectivity index (χ2v) is 5.64. The molecule has 0 unspecified atom stereocenters. The van der Waals surface area contributed by atoms with Crippen LogP contribution in [0.5, 0.6) is 5.75 Å². The van der Waals surface area contributed by atoms with E-state index in [9.17, 15) is 4.79 Å². The van der Waals surface area contributed by atoms with Crippen LogP contribution in [0.2, 0.25) is 0 Å². The van der Waals surface area contributed by atoms with Crippen LogP contribution < -0.4 is 4.74 Å². The lowest BCUT2D eigenvalue weighted by molar-refractivity contribution is -0.139. The summed E-state index contributed by atoms with van der Waals surface area (Å²) in [6.07, 6.45) is 1.56. The highest BCUT2D eigenvalue weighted by Gasteiger charge is 2.15. The molecule has 0 amide bonds. The minimum Gasteiger partial charge on any atom is -0.481 e. The number of aromatic nitrogens is 1.